The van der Waals surface area contributed by atoms with Crippen LogP contribution in [-0.4, -0.2) is 37.1 Å². The van der Waals surface area contributed by atoms with Gasteiger partial charge in [0, 0.05) is 23.8 Å². The van der Waals surface area contributed by atoms with Gasteiger partial charge in [-0.15, -0.1) is 0 Å². The van der Waals surface area contributed by atoms with Gasteiger partial charge in [0.1, 0.15) is 6.04 Å². The fourth-order valence-corrected chi connectivity index (χ4v) is 3.05. The third kappa shape index (κ3) is 3.96. The minimum absolute atomic E-state index is 0.0338. The largest absolute Gasteiger partial charge is 0.379 e. The molecule has 3 rings (SSSR count). The first kappa shape index (κ1) is 17.0. The normalized spacial score (nSPS) is 16.6. The number of hydrogen-bond donors (Lipinski definition) is 1. The molecule has 0 radical (unpaired) electrons. The van der Waals surface area contributed by atoms with Crippen molar-refractivity contribution < 1.29 is 9.53 Å². The molecule has 0 spiro atoms. The van der Waals surface area contributed by atoms with E-state index in [9.17, 15) is 4.79 Å². The van der Waals surface area contributed by atoms with Gasteiger partial charge in [-0.2, -0.15) is 0 Å². The number of rotatable bonds is 4. The summed E-state index contributed by atoms with van der Waals surface area (Å²) in [4.78, 5) is 15.2. The number of hydrogen-bond acceptors (Lipinski definition) is 3. The van der Waals surface area contributed by atoms with Gasteiger partial charge in [0.2, 0.25) is 5.91 Å². The van der Waals surface area contributed by atoms with Crippen molar-refractivity contribution in [2.75, 3.05) is 31.6 Å². The van der Waals surface area contributed by atoms with Crippen molar-refractivity contribution >= 4 is 23.2 Å². The van der Waals surface area contributed by atoms with Crippen molar-refractivity contribution in [3.05, 3.63) is 64.7 Å². The molecule has 1 aliphatic rings. The molecule has 2 aromatic rings. The second-order valence-electron chi connectivity index (χ2n) is 5.91. The van der Waals surface area contributed by atoms with E-state index in [1.54, 1.807) is 0 Å². The van der Waals surface area contributed by atoms with E-state index in [0.29, 0.717) is 18.2 Å². The van der Waals surface area contributed by atoms with Crippen LogP contribution >= 0.6 is 11.6 Å². The summed E-state index contributed by atoms with van der Waals surface area (Å²) in [5.41, 5.74) is 2.82. The molecule has 1 aliphatic heterocycles. The lowest BCUT2D eigenvalue weighted by atomic mass is 10.0. The van der Waals surface area contributed by atoms with E-state index in [0.717, 1.165) is 29.9 Å². The molecular weight excluding hydrogens is 324 g/mol. The Morgan fingerprint density at radius 3 is 2.46 bits per heavy atom. The van der Waals surface area contributed by atoms with Crippen molar-refractivity contribution in [2.24, 2.45) is 0 Å². The van der Waals surface area contributed by atoms with E-state index in [4.69, 9.17) is 16.3 Å². The minimum atomic E-state index is -0.356. The second-order valence-corrected chi connectivity index (χ2v) is 6.34. The maximum atomic E-state index is 13.0. The monoisotopic (exact) mass is 344 g/mol. The molecule has 0 aromatic heterocycles. The molecule has 5 heteroatoms. The number of carbonyl (C=O) groups excluding carboxylic acids is 1. The van der Waals surface area contributed by atoms with Crippen LogP contribution < -0.4 is 5.32 Å². The van der Waals surface area contributed by atoms with Crippen molar-refractivity contribution in [2.45, 2.75) is 13.0 Å². The number of amides is 1. The highest BCUT2D eigenvalue weighted by molar-refractivity contribution is 6.30. The van der Waals surface area contributed by atoms with Crippen LogP contribution in [-0.2, 0) is 9.53 Å². The van der Waals surface area contributed by atoms with Gasteiger partial charge in [-0.1, -0.05) is 41.9 Å². The van der Waals surface area contributed by atoms with E-state index in [2.05, 4.69) is 10.2 Å². The standard InChI is InChI=1S/C19H21ClN2O2/c1-14-4-2-3-5-17(14)21-19(23)18(22-10-12-24-13-11-22)15-6-8-16(20)9-7-15/h2-9,18H,10-13H2,1H3,(H,21,23)/t18-/m1/s1. The molecule has 0 aliphatic carbocycles. The number of carbonyl (C=O) groups is 1. The molecule has 0 bridgehead atoms. The number of para-hydroxylation sites is 1. The quantitative estimate of drug-likeness (QED) is 0.920. The third-order valence-electron chi connectivity index (χ3n) is 4.25. The highest BCUT2D eigenvalue weighted by Gasteiger charge is 2.29. The molecule has 1 fully saturated rings. The zero-order valence-corrected chi connectivity index (χ0v) is 14.4. The molecule has 126 valence electrons. The topological polar surface area (TPSA) is 41.6 Å². The molecule has 0 saturated carbocycles. The summed E-state index contributed by atoms with van der Waals surface area (Å²) in [6, 6.07) is 14.9. The van der Waals surface area contributed by atoms with E-state index in [1.807, 2.05) is 55.5 Å². The number of aryl methyl sites for hydroxylation is 1. The van der Waals surface area contributed by atoms with Crippen LogP contribution in [0.4, 0.5) is 5.69 Å². The fraction of sp³-hybridized carbons (Fsp3) is 0.316. The lowest BCUT2D eigenvalue weighted by molar-refractivity contribution is -0.123. The SMILES string of the molecule is Cc1ccccc1NC(=O)[C@@H](c1ccc(Cl)cc1)N1CCOCC1. The summed E-state index contributed by atoms with van der Waals surface area (Å²) in [5.74, 6) is -0.0338. The lowest BCUT2D eigenvalue weighted by Gasteiger charge is -2.34. The molecule has 2 aromatic carbocycles. The average molecular weight is 345 g/mol. The van der Waals surface area contributed by atoms with Gasteiger partial charge in [-0.25, -0.2) is 0 Å². The van der Waals surface area contributed by atoms with Gasteiger partial charge in [0.15, 0.2) is 0 Å². The smallest absolute Gasteiger partial charge is 0.246 e. The van der Waals surface area contributed by atoms with Crippen LogP contribution in [0.2, 0.25) is 5.02 Å². The Labute approximate surface area is 147 Å². The summed E-state index contributed by atoms with van der Waals surface area (Å²) in [7, 11) is 0. The lowest BCUT2D eigenvalue weighted by Crippen LogP contribution is -2.43. The minimum Gasteiger partial charge on any atom is -0.379 e. The molecule has 1 amide bonds. The summed E-state index contributed by atoms with van der Waals surface area (Å²) < 4.78 is 5.43. The fourth-order valence-electron chi connectivity index (χ4n) is 2.92. The van der Waals surface area contributed by atoms with Crippen molar-refractivity contribution in [3.63, 3.8) is 0 Å². The molecule has 24 heavy (non-hydrogen) atoms. The highest BCUT2D eigenvalue weighted by atomic mass is 35.5. The summed E-state index contributed by atoms with van der Waals surface area (Å²) >= 11 is 6.00. The zero-order chi connectivity index (χ0) is 16.9. The predicted molar refractivity (Wildman–Crippen MR) is 96.4 cm³/mol. The van der Waals surface area contributed by atoms with E-state index < -0.39 is 0 Å². The first-order chi connectivity index (χ1) is 11.6. The van der Waals surface area contributed by atoms with Crippen molar-refractivity contribution in [1.82, 2.24) is 4.90 Å². The summed E-state index contributed by atoms with van der Waals surface area (Å²) in [5, 5.41) is 3.73. The van der Waals surface area contributed by atoms with Gasteiger partial charge in [0.05, 0.1) is 13.2 Å². The Hall–Kier alpha value is -1.88. The average Bonchev–Trinajstić information content (AvgIpc) is 2.60. The Morgan fingerprint density at radius 1 is 1.12 bits per heavy atom. The molecule has 1 atom stereocenters. The first-order valence-electron chi connectivity index (χ1n) is 8.09. The second kappa shape index (κ2) is 7.79. The summed E-state index contributed by atoms with van der Waals surface area (Å²) in [6.45, 7) is 4.73. The molecule has 1 saturated heterocycles. The molecular formula is C19H21ClN2O2. The van der Waals surface area contributed by atoms with E-state index in [-0.39, 0.29) is 11.9 Å². The van der Waals surface area contributed by atoms with Crippen LogP contribution in [0.3, 0.4) is 0 Å². The van der Waals surface area contributed by atoms with Crippen molar-refractivity contribution in [3.8, 4) is 0 Å². The van der Waals surface area contributed by atoms with Crippen LogP contribution in [0.5, 0.6) is 0 Å². The molecule has 1 heterocycles. The number of benzene rings is 2. The third-order valence-corrected chi connectivity index (χ3v) is 4.50. The van der Waals surface area contributed by atoms with Crippen LogP contribution in [0.1, 0.15) is 17.2 Å². The van der Waals surface area contributed by atoms with Crippen LogP contribution in [0, 0.1) is 6.92 Å². The summed E-state index contributed by atoms with van der Waals surface area (Å²) in [6.07, 6.45) is 0. The van der Waals surface area contributed by atoms with Gasteiger partial charge in [0.25, 0.3) is 0 Å². The number of halogens is 1. The number of anilines is 1. The van der Waals surface area contributed by atoms with Gasteiger partial charge >= 0.3 is 0 Å². The Morgan fingerprint density at radius 2 is 1.79 bits per heavy atom. The Kier molecular flexibility index (Phi) is 5.51. The van der Waals surface area contributed by atoms with Gasteiger partial charge < -0.3 is 10.1 Å². The highest BCUT2D eigenvalue weighted by Crippen LogP contribution is 2.26. The Bertz CT molecular complexity index is 697. The zero-order valence-electron chi connectivity index (χ0n) is 13.7. The molecule has 0 unspecified atom stereocenters. The Balaban J connectivity index is 1.87. The maximum absolute atomic E-state index is 13.0. The molecule has 1 N–H and O–H groups in total. The molecule has 4 nitrogen and oxygen atoms in total. The van der Waals surface area contributed by atoms with E-state index in [1.165, 1.54) is 0 Å². The van der Waals surface area contributed by atoms with E-state index >= 15 is 0 Å². The van der Waals surface area contributed by atoms with Crippen LogP contribution in [0.15, 0.2) is 48.5 Å². The number of ether oxygens (including phenoxy) is 1. The predicted octanol–water partition coefficient (Wildman–Crippen LogP) is 3.66. The number of nitrogens with zero attached hydrogens (tertiary/aromatic N) is 1. The van der Waals surface area contributed by atoms with Gasteiger partial charge in [-0.3, -0.25) is 9.69 Å². The maximum Gasteiger partial charge on any atom is 0.246 e. The van der Waals surface area contributed by atoms with Crippen LogP contribution in [0.25, 0.3) is 0 Å². The van der Waals surface area contributed by atoms with Gasteiger partial charge in [-0.05, 0) is 36.2 Å². The number of morpholine rings is 1. The van der Waals surface area contributed by atoms with Crippen molar-refractivity contribution in [1.29, 1.82) is 0 Å². The first-order valence-corrected chi connectivity index (χ1v) is 8.47. The number of nitrogens with one attached hydrogen (secondary N) is 1.